The molecule has 0 aliphatic rings. The topological polar surface area (TPSA) is 139 Å². The van der Waals surface area contributed by atoms with Crippen molar-refractivity contribution in [2.24, 2.45) is 0 Å². The molecule has 0 spiro atoms. The number of ether oxygens (including phenoxy) is 1. The molecule has 0 aliphatic heterocycles. The zero-order valence-electron chi connectivity index (χ0n) is 11.5. The van der Waals surface area contributed by atoms with E-state index >= 15 is 0 Å². The Morgan fingerprint density at radius 2 is 2.27 bits per heavy atom. The summed E-state index contributed by atoms with van der Waals surface area (Å²) < 4.78 is 19.1. The van der Waals surface area contributed by atoms with Crippen molar-refractivity contribution in [1.82, 2.24) is 30.0 Å². The molecule has 22 heavy (non-hydrogen) atoms. The van der Waals surface area contributed by atoms with Crippen LogP contribution in [0.25, 0.3) is 5.65 Å². The summed E-state index contributed by atoms with van der Waals surface area (Å²) in [6.07, 6.45) is 4.59. The van der Waals surface area contributed by atoms with Crippen LogP contribution in [0.4, 0.5) is 0 Å². The van der Waals surface area contributed by atoms with Crippen LogP contribution in [0.3, 0.4) is 0 Å². The number of aromatic nitrogens is 6. The van der Waals surface area contributed by atoms with Crippen molar-refractivity contribution >= 4 is 13.2 Å². The van der Waals surface area contributed by atoms with Gasteiger partial charge in [0, 0.05) is 31.3 Å². The molecule has 0 fully saturated rings. The molecule has 3 aromatic rings. The highest BCUT2D eigenvalue weighted by Crippen LogP contribution is 2.58. The molecule has 0 aromatic carbocycles. The van der Waals surface area contributed by atoms with Crippen molar-refractivity contribution in [2.75, 3.05) is 7.11 Å². The van der Waals surface area contributed by atoms with Gasteiger partial charge >= 0.3 is 7.60 Å². The number of pyridine rings is 1. The first-order valence-corrected chi connectivity index (χ1v) is 7.84. The van der Waals surface area contributed by atoms with Gasteiger partial charge in [0.1, 0.15) is 5.65 Å². The lowest BCUT2D eigenvalue weighted by molar-refractivity contribution is 0.0330. The molecule has 0 saturated heterocycles. The second-order valence-corrected chi connectivity index (χ2v) is 6.46. The summed E-state index contributed by atoms with van der Waals surface area (Å²) in [5.41, 5.74) is 0.942. The molecule has 116 valence electrons. The van der Waals surface area contributed by atoms with Crippen LogP contribution in [-0.4, -0.2) is 46.9 Å². The molecule has 0 saturated carbocycles. The molecule has 11 heteroatoms. The van der Waals surface area contributed by atoms with Crippen molar-refractivity contribution in [1.29, 1.82) is 0 Å². The first kappa shape index (κ1) is 14.8. The summed E-state index contributed by atoms with van der Waals surface area (Å²) in [6, 6.07) is 3.21. The third kappa shape index (κ3) is 2.32. The molecule has 0 amide bonds. The monoisotopic (exact) mass is 324 g/mol. The number of H-pyrrole nitrogens is 1. The van der Waals surface area contributed by atoms with Gasteiger partial charge in [0.05, 0.1) is 6.42 Å². The van der Waals surface area contributed by atoms with E-state index in [1.54, 1.807) is 35.1 Å². The summed E-state index contributed by atoms with van der Waals surface area (Å²) in [4.78, 5) is 23.8. The second kappa shape index (κ2) is 5.25. The minimum atomic E-state index is -4.71. The fraction of sp³-hybridized carbons (Fsp3) is 0.273. The molecule has 1 unspecified atom stereocenters. The smallest absolute Gasteiger partial charge is 0.361 e. The largest absolute Gasteiger partial charge is 0.362 e. The number of hydrogen-bond acceptors (Lipinski definition) is 6. The highest BCUT2D eigenvalue weighted by Gasteiger charge is 2.50. The van der Waals surface area contributed by atoms with Gasteiger partial charge in [-0.05, 0) is 6.07 Å². The second-order valence-electron chi connectivity index (χ2n) is 4.65. The van der Waals surface area contributed by atoms with Gasteiger partial charge in [-0.1, -0.05) is 11.3 Å². The fourth-order valence-corrected chi connectivity index (χ4v) is 3.36. The van der Waals surface area contributed by atoms with Crippen molar-refractivity contribution in [3.05, 3.63) is 42.1 Å². The summed E-state index contributed by atoms with van der Waals surface area (Å²) >= 11 is 0. The van der Waals surface area contributed by atoms with Crippen molar-refractivity contribution in [3.8, 4) is 0 Å². The quantitative estimate of drug-likeness (QED) is 0.560. The fourth-order valence-electron chi connectivity index (χ4n) is 2.30. The van der Waals surface area contributed by atoms with E-state index in [1.807, 2.05) is 0 Å². The first-order chi connectivity index (χ1) is 10.5. The zero-order chi connectivity index (χ0) is 15.8. The molecule has 0 bridgehead atoms. The lowest BCUT2D eigenvalue weighted by atomic mass is 10.1. The number of methoxy groups -OCH3 is 1. The Labute approximate surface area is 124 Å². The Morgan fingerprint density at radius 3 is 2.91 bits per heavy atom. The van der Waals surface area contributed by atoms with Crippen molar-refractivity contribution < 1.29 is 19.1 Å². The molecule has 3 N–H and O–H groups in total. The predicted molar refractivity (Wildman–Crippen MR) is 73.8 cm³/mol. The molecule has 1 atom stereocenters. The Bertz CT molecular complexity index is 828. The SMILES string of the molecule is COC(Cc1nn[nH]n1)(c1ccc2nccn2c1)P(=O)(O)O. The lowest BCUT2D eigenvalue weighted by Crippen LogP contribution is -2.32. The Kier molecular flexibility index (Phi) is 3.53. The summed E-state index contributed by atoms with van der Waals surface area (Å²) in [5, 5.41) is 11.2. The number of nitrogens with zero attached hydrogens (tertiary/aromatic N) is 5. The molecule has 0 aliphatic carbocycles. The summed E-state index contributed by atoms with van der Waals surface area (Å²) in [5.74, 6) is 0.135. The number of hydrogen-bond donors (Lipinski definition) is 3. The number of fused-ring (bicyclic) bond motifs is 1. The number of rotatable bonds is 5. The van der Waals surface area contributed by atoms with Gasteiger partial charge in [-0.3, -0.25) is 4.57 Å². The minimum Gasteiger partial charge on any atom is -0.361 e. The Hall–Kier alpha value is -2.13. The Balaban J connectivity index is 2.16. The first-order valence-electron chi connectivity index (χ1n) is 6.22. The van der Waals surface area contributed by atoms with E-state index in [1.165, 1.54) is 7.11 Å². The van der Waals surface area contributed by atoms with E-state index < -0.39 is 12.9 Å². The normalized spacial score (nSPS) is 15.0. The van der Waals surface area contributed by atoms with E-state index in [2.05, 4.69) is 25.6 Å². The predicted octanol–water partition coefficient (Wildman–Crippen LogP) is 0.0670. The van der Waals surface area contributed by atoms with Crippen molar-refractivity contribution in [2.45, 2.75) is 11.8 Å². The van der Waals surface area contributed by atoms with Crippen LogP contribution < -0.4 is 0 Å². The van der Waals surface area contributed by atoms with Crippen LogP contribution in [-0.2, 0) is 21.1 Å². The van der Waals surface area contributed by atoms with Crippen LogP contribution in [0, 0.1) is 0 Å². The summed E-state index contributed by atoms with van der Waals surface area (Å²) in [7, 11) is -3.47. The van der Waals surface area contributed by atoms with Crippen LogP contribution in [0.15, 0.2) is 30.7 Å². The van der Waals surface area contributed by atoms with Crippen LogP contribution >= 0.6 is 7.60 Å². The minimum absolute atomic E-state index is 0.135. The van der Waals surface area contributed by atoms with Gasteiger partial charge in [-0.15, -0.1) is 10.2 Å². The zero-order valence-corrected chi connectivity index (χ0v) is 12.4. The molecular weight excluding hydrogens is 311 g/mol. The van der Waals surface area contributed by atoms with Crippen molar-refractivity contribution in [3.63, 3.8) is 0 Å². The number of aromatic amines is 1. The third-order valence-corrected chi connectivity index (χ3v) is 4.97. The number of tetrazole rings is 1. The molecule has 3 aromatic heterocycles. The average molecular weight is 324 g/mol. The van der Waals surface area contributed by atoms with Gasteiger partial charge in [0.2, 0.25) is 5.34 Å². The van der Waals surface area contributed by atoms with Gasteiger partial charge in [-0.25, -0.2) is 4.98 Å². The van der Waals surface area contributed by atoms with E-state index in [4.69, 9.17) is 4.74 Å². The van der Waals surface area contributed by atoms with E-state index in [9.17, 15) is 14.4 Å². The maximum Gasteiger partial charge on any atom is 0.362 e. The summed E-state index contributed by atoms with van der Waals surface area (Å²) in [6.45, 7) is 0. The average Bonchev–Trinajstić information content (AvgIpc) is 3.13. The van der Waals surface area contributed by atoms with Crippen LogP contribution in [0.5, 0.6) is 0 Å². The standard InChI is InChI=1S/C11H13N6O4P/c1-21-11(22(18,19)20,6-9-13-15-16-14-9)8-2-3-10-12-4-5-17(10)7-8/h2-5,7H,6H2,1H3,(H2,18,19,20)(H,13,14,15,16). The maximum absolute atomic E-state index is 12.1. The van der Waals surface area contributed by atoms with Gasteiger partial charge in [0.15, 0.2) is 5.82 Å². The Morgan fingerprint density at radius 1 is 1.45 bits per heavy atom. The highest BCUT2D eigenvalue weighted by molar-refractivity contribution is 7.52. The van der Waals surface area contributed by atoms with E-state index in [0.29, 0.717) is 11.2 Å². The molecule has 10 nitrogen and oxygen atoms in total. The highest BCUT2D eigenvalue weighted by atomic mass is 31.2. The van der Waals surface area contributed by atoms with Crippen LogP contribution in [0.2, 0.25) is 0 Å². The third-order valence-electron chi connectivity index (χ3n) is 3.43. The molecule has 3 rings (SSSR count). The lowest BCUT2D eigenvalue weighted by Gasteiger charge is -2.32. The van der Waals surface area contributed by atoms with Gasteiger partial charge < -0.3 is 18.9 Å². The molecule has 3 heterocycles. The maximum atomic E-state index is 12.1. The molecular formula is C11H13N6O4P. The molecule has 0 radical (unpaired) electrons. The number of imidazole rings is 1. The van der Waals surface area contributed by atoms with E-state index in [-0.39, 0.29) is 12.2 Å². The van der Waals surface area contributed by atoms with E-state index in [0.717, 1.165) is 0 Å². The van der Waals surface area contributed by atoms with Gasteiger partial charge in [0.25, 0.3) is 0 Å². The van der Waals surface area contributed by atoms with Gasteiger partial charge in [-0.2, -0.15) is 5.21 Å². The number of nitrogens with one attached hydrogen (secondary N) is 1. The van der Waals surface area contributed by atoms with Crippen LogP contribution in [0.1, 0.15) is 11.4 Å².